The molecule has 0 aromatic heterocycles. The van der Waals surface area contributed by atoms with Gasteiger partial charge in [-0.05, 0) is 43.4 Å². The van der Waals surface area contributed by atoms with Gasteiger partial charge in [-0.1, -0.05) is 36.6 Å². The molecule has 0 bridgehead atoms. The van der Waals surface area contributed by atoms with E-state index in [2.05, 4.69) is 5.32 Å². The molecule has 142 valence electrons. The number of ether oxygens (including phenoxy) is 2. The first-order valence-electron chi connectivity index (χ1n) is 9.23. The van der Waals surface area contributed by atoms with E-state index >= 15 is 0 Å². The summed E-state index contributed by atoms with van der Waals surface area (Å²) in [6.07, 6.45) is 4.69. The fourth-order valence-electron chi connectivity index (χ4n) is 4.29. The van der Waals surface area contributed by atoms with Crippen LogP contribution in [0.25, 0.3) is 0 Å². The minimum atomic E-state index is -0.668. The number of halogens is 1. The number of carbonyl (C=O) groups excluding carboxylic acids is 2. The van der Waals surface area contributed by atoms with E-state index in [9.17, 15) is 9.59 Å². The van der Waals surface area contributed by atoms with Crippen LogP contribution >= 0.6 is 11.6 Å². The van der Waals surface area contributed by atoms with Gasteiger partial charge >= 0.3 is 5.97 Å². The van der Waals surface area contributed by atoms with Crippen molar-refractivity contribution in [2.75, 3.05) is 26.9 Å². The van der Waals surface area contributed by atoms with Crippen molar-refractivity contribution in [3.63, 3.8) is 0 Å². The van der Waals surface area contributed by atoms with Crippen LogP contribution in [0.2, 0.25) is 5.02 Å². The summed E-state index contributed by atoms with van der Waals surface area (Å²) < 4.78 is 10.5. The third-order valence-electron chi connectivity index (χ3n) is 5.92. The molecule has 6 heteroatoms. The van der Waals surface area contributed by atoms with E-state index in [1.165, 1.54) is 7.11 Å². The van der Waals surface area contributed by atoms with Crippen LogP contribution in [-0.2, 0) is 24.5 Å². The van der Waals surface area contributed by atoms with Gasteiger partial charge in [0.1, 0.15) is 0 Å². The Morgan fingerprint density at radius 3 is 2.50 bits per heavy atom. The van der Waals surface area contributed by atoms with Crippen LogP contribution in [0, 0.1) is 5.41 Å². The van der Waals surface area contributed by atoms with Crippen molar-refractivity contribution in [2.24, 2.45) is 5.41 Å². The topological polar surface area (TPSA) is 64.6 Å². The van der Waals surface area contributed by atoms with E-state index < -0.39 is 10.8 Å². The SMILES string of the molecule is COC(=O)C1(CNC(=O)C2(c3cccc(Cl)c3)CCOCC2)CCCC1. The average Bonchev–Trinajstić information content (AvgIpc) is 3.16. The van der Waals surface area contributed by atoms with Crippen LogP contribution in [0.1, 0.15) is 44.1 Å². The average molecular weight is 380 g/mol. The lowest BCUT2D eigenvalue weighted by molar-refractivity contribution is -0.152. The molecule has 1 saturated heterocycles. The molecule has 2 fully saturated rings. The van der Waals surface area contributed by atoms with Gasteiger partial charge in [0.25, 0.3) is 0 Å². The van der Waals surface area contributed by atoms with E-state index in [0.29, 0.717) is 37.6 Å². The monoisotopic (exact) mass is 379 g/mol. The van der Waals surface area contributed by atoms with Gasteiger partial charge in [-0.15, -0.1) is 0 Å². The number of carbonyl (C=O) groups is 2. The quantitative estimate of drug-likeness (QED) is 0.797. The Morgan fingerprint density at radius 2 is 1.88 bits per heavy atom. The molecule has 0 unspecified atom stereocenters. The second-order valence-electron chi connectivity index (χ2n) is 7.37. The van der Waals surface area contributed by atoms with E-state index in [-0.39, 0.29) is 11.9 Å². The van der Waals surface area contributed by atoms with Gasteiger partial charge in [-0.25, -0.2) is 0 Å². The molecule has 5 nitrogen and oxygen atoms in total. The largest absolute Gasteiger partial charge is 0.469 e. The van der Waals surface area contributed by atoms with Gasteiger partial charge in [-0.3, -0.25) is 9.59 Å². The van der Waals surface area contributed by atoms with Crippen molar-refractivity contribution in [1.29, 1.82) is 0 Å². The highest BCUT2D eigenvalue weighted by Gasteiger charge is 2.46. The standard InChI is InChI=1S/C20H26ClNO4/c1-25-18(24)19(7-2-3-8-19)14-22-17(23)20(9-11-26-12-10-20)15-5-4-6-16(21)13-15/h4-6,13H,2-3,7-12,14H2,1H3,(H,22,23). The number of rotatable bonds is 5. The lowest BCUT2D eigenvalue weighted by Gasteiger charge is -2.37. The van der Waals surface area contributed by atoms with Crippen LogP contribution in [0.4, 0.5) is 0 Å². The minimum Gasteiger partial charge on any atom is -0.469 e. The second-order valence-corrected chi connectivity index (χ2v) is 7.80. The highest BCUT2D eigenvalue weighted by atomic mass is 35.5. The van der Waals surface area contributed by atoms with Crippen molar-refractivity contribution in [1.82, 2.24) is 5.32 Å². The number of hydrogen-bond acceptors (Lipinski definition) is 4. The molecule has 26 heavy (non-hydrogen) atoms. The van der Waals surface area contributed by atoms with Gasteiger partial charge in [0.15, 0.2) is 0 Å². The molecule has 1 aromatic rings. The van der Waals surface area contributed by atoms with Crippen LogP contribution in [0.5, 0.6) is 0 Å². The van der Waals surface area contributed by atoms with E-state index in [1.807, 2.05) is 18.2 Å². The van der Waals surface area contributed by atoms with E-state index in [4.69, 9.17) is 21.1 Å². The van der Waals surface area contributed by atoms with Gasteiger partial charge < -0.3 is 14.8 Å². The third-order valence-corrected chi connectivity index (χ3v) is 6.16. The number of nitrogens with one attached hydrogen (secondary N) is 1. The van der Waals surface area contributed by atoms with Crippen LogP contribution in [0.3, 0.4) is 0 Å². The highest BCUT2D eigenvalue weighted by molar-refractivity contribution is 6.30. The number of amides is 1. The van der Waals surface area contributed by atoms with E-state index in [0.717, 1.165) is 31.2 Å². The molecule has 1 N–H and O–H groups in total. The van der Waals surface area contributed by atoms with Crippen molar-refractivity contribution < 1.29 is 19.1 Å². The Bertz CT molecular complexity index is 664. The van der Waals surface area contributed by atoms with Crippen LogP contribution in [-0.4, -0.2) is 38.7 Å². The van der Waals surface area contributed by atoms with Crippen molar-refractivity contribution >= 4 is 23.5 Å². The third kappa shape index (κ3) is 3.60. The first-order chi connectivity index (χ1) is 12.5. The molecular weight excluding hydrogens is 354 g/mol. The first kappa shape index (κ1) is 19.2. The predicted octanol–water partition coefficient (Wildman–Crippen LogP) is 3.24. The molecule has 1 aliphatic heterocycles. The smallest absolute Gasteiger partial charge is 0.313 e. The summed E-state index contributed by atoms with van der Waals surface area (Å²) in [7, 11) is 1.41. The summed E-state index contributed by atoms with van der Waals surface area (Å²) in [4.78, 5) is 25.6. The summed E-state index contributed by atoms with van der Waals surface area (Å²) in [5.74, 6) is -0.280. The molecule has 1 saturated carbocycles. The molecule has 0 atom stereocenters. The maximum Gasteiger partial charge on any atom is 0.313 e. The number of methoxy groups -OCH3 is 1. The molecule has 1 heterocycles. The molecule has 1 amide bonds. The zero-order chi connectivity index (χ0) is 18.6. The zero-order valence-corrected chi connectivity index (χ0v) is 15.9. The molecular formula is C20H26ClNO4. The molecule has 3 rings (SSSR count). The van der Waals surface area contributed by atoms with Gasteiger partial charge in [0, 0.05) is 24.8 Å². The van der Waals surface area contributed by atoms with Crippen molar-refractivity contribution in [3.8, 4) is 0 Å². The Kier molecular flexibility index (Phi) is 5.88. The summed E-state index contributed by atoms with van der Waals surface area (Å²) in [5.41, 5.74) is -0.353. The summed E-state index contributed by atoms with van der Waals surface area (Å²) >= 11 is 6.17. The molecule has 1 aliphatic carbocycles. The number of esters is 1. The fourth-order valence-corrected chi connectivity index (χ4v) is 4.48. The maximum atomic E-state index is 13.3. The van der Waals surface area contributed by atoms with Crippen LogP contribution < -0.4 is 5.32 Å². The molecule has 0 radical (unpaired) electrons. The molecule has 0 spiro atoms. The normalized spacial score (nSPS) is 21.2. The number of benzene rings is 1. The van der Waals surface area contributed by atoms with Crippen molar-refractivity contribution in [2.45, 2.75) is 43.9 Å². The number of hydrogen-bond donors (Lipinski definition) is 1. The fraction of sp³-hybridized carbons (Fsp3) is 0.600. The lowest BCUT2D eigenvalue weighted by Crippen LogP contribution is -2.51. The summed E-state index contributed by atoms with van der Waals surface area (Å²) in [5, 5.41) is 3.68. The van der Waals surface area contributed by atoms with E-state index in [1.54, 1.807) is 6.07 Å². The maximum absolute atomic E-state index is 13.3. The Balaban J connectivity index is 1.81. The van der Waals surface area contributed by atoms with Gasteiger partial charge in [0.05, 0.1) is 17.9 Å². The Morgan fingerprint density at radius 1 is 1.19 bits per heavy atom. The molecule has 2 aliphatic rings. The second kappa shape index (κ2) is 7.97. The lowest BCUT2D eigenvalue weighted by atomic mass is 9.73. The summed E-state index contributed by atoms with van der Waals surface area (Å²) in [6.45, 7) is 1.38. The van der Waals surface area contributed by atoms with Crippen molar-refractivity contribution in [3.05, 3.63) is 34.9 Å². The molecule has 1 aromatic carbocycles. The Labute approximate surface area is 159 Å². The van der Waals surface area contributed by atoms with Crippen LogP contribution in [0.15, 0.2) is 24.3 Å². The van der Waals surface area contributed by atoms with Gasteiger partial charge in [0.2, 0.25) is 5.91 Å². The zero-order valence-electron chi connectivity index (χ0n) is 15.2. The minimum absolute atomic E-state index is 0.0572. The predicted molar refractivity (Wildman–Crippen MR) is 99.1 cm³/mol. The highest BCUT2D eigenvalue weighted by Crippen LogP contribution is 2.40. The van der Waals surface area contributed by atoms with Gasteiger partial charge in [-0.2, -0.15) is 0 Å². The summed E-state index contributed by atoms with van der Waals surface area (Å²) in [6, 6.07) is 7.48. The first-order valence-corrected chi connectivity index (χ1v) is 9.61. The Hall–Kier alpha value is -1.59.